The quantitative estimate of drug-likeness (QED) is 0.894. The highest BCUT2D eigenvalue weighted by molar-refractivity contribution is 9.10. The van der Waals surface area contributed by atoms with Crippen LogP contribution in [0.2, 0.25) is 5.02 Å². The Morgan fingerprint density at radius 2 is 2.10 bits per heavy atom. The minimum Gasteiger partial charge on any atom is -0.491 e. The van der Waals surface area contributed by atoms with E-state index in [-0.39, 0.29) is 18.8 Å². The number of ether oxygens (including phenoxy) is 1. The molecule has 4 nitrogen and oxygen atoms in total. The molecule has 0 aliphatic heterocycles. The van der Waals surface area contributed by atoms with Crippen molar-refractivity contribution in [1.82, 2.24) is 4.57 Å². The summed E-state index contributed by atoms with van der Waals surface area (Å²) in [5, 5.41) is 9.28. The Labute approximate surface area is 129 Å². The van der Waals surface area contributed by atoms with Gasteiger partial charge < -0.3 is 14.4 Å². The number of rotatable bonds is 5. The van der Waals surface area contributed by atoms with Crippen LogP contribution in [0.25, 0.3) is 0 Å². The molecule has 6 heteroatoms. The molecule has 0 saturated carbocycles. The minimum absolute atomic E-state index is 0.0615. The highest BCUT2D eigenvalue weighted by Gasteiger charge is 2.03. The SMILES string of the molecule is O=c1cc(Br)ccn1Cc1cc(Cl)cc(OCCO)c1. The smallest absolute Gasteiger partial charge is 0.251 e. The Kier molecular flexibility index (Phi) is 5.23. The first-order valence-corrected chi connectivity index (χ1v) is 7.15. The molecule has 1 heterocycles. The normalized spacial score (nSPS) is 10.6. The number of halogens is 2. The van der Waals surface area contributed by atoms with E-state index < -0.39 is 0 Å². The maximum Gasteiger partial charge on any atom is 0.251 e. The number of nitrogens with zero attached hydrogens (tertiary/aromatic N) is 1. The lowest BCUT2D eigenvalue weighted by molar-refractivity contribution is 0.201. The molecule has 0 atom stereocenters. The van der Waals surface area contributed by atoms with Gasteiger partial charge in [0.1, 0.15) is 12.4 Å². The summed E-state index contributed by atoms with van der Waals surface area (Å²) in [6, 6.07) is 8.56. The summed E-state index contributed by atoms with van der Waals surface area (Å²) in [7, 11) is 0. The van der Waals surface area contributed by atoms with Crippen LogP contribution < -0.4 is 10.3 Å². The lowest BCUT2D eigenvalue weighted by Crippen LogP contribution is -2.18. The van der Waals surface area contributed by atoms with Crippen LogP contribution in [0.15, 0.2) is 45.8 Å². The first kappa shape index (κ1) is 15.1. The monoisotopic (exact) mass is 357 g/mol. The fourth-order valence-electron chi connectivity index (χ4n) is 1.77. The second-order valence-corrected chi connectivity index (χ2v) is 5.53. The largest absolute Gasteiger partial charge is 0.491 e. The third kappa shape index (κ3) is 4.10. The van der Waals surface area contributed by atoms with E-state index in [2.05, 4.69) is 15.9 Å². The predicted molar refractivity (Wildman–Crippen MR) is 81.5 cm³/mol. The summed E-state index contributed by atoms with van der Waals surface area (Å²) in [5.41, 5.74) is 0.757. The lowest BCUT2D eigenvalue weighted by atomic mass is 10.2. The van der Waals surface area contributed by atoms with Crippen LogP contribution in [0.1, 0.15) is 5.56 Å². The van der Waals surface area contributed by atoms with E-state index in [1.54, 1.807) is 35.0 Å². The second-order valence-electron chi connectivity index (χ2n) is 4.18. The Balaban J connectivity index is 2.24. The maximum absolute atomic E-state index is 11.8. The molecule has 0 aliphatic rings. The van der Waals surface area contributed by atoms with Crippen molar-refractivity contribution in [2.45, 2.75) is 6.54 Å². The van der Waals surface area contributed by atoms with Gasteiger partial charge in [-0.2, -0.15) is 0 Å². The van der Waals surface area contributed by atoms with Gasteiger partial charge in [0.15, 0.2) is 0 Å². The molecule has 0 amide bonds. The van der Waals surface area contributed by atoms with Crippen molar-refractivity contribution >= 4 is 27.5 Å². The minimum atomic E-state index is -0.0998. The molecule has 0 unspecified atom stereocenters. The molecule has 1 aromatic carbocycles. The molecular weight excluding hydrogens is 346 g/mol. The van der Waals surface area contributed by atoms with Crippen LogP contribution in [0, 0.1) is 0 Å². The molecule has 0 spiro atoms. The van der Waals surface area contributed by atoms with E-state index >= 15 is 0 Å². The van der Waals surface area contributed by atoms with E-state index in [9.17, 15) is 4.79 Å². The highest BCUT2D eigenvalue weighted by Crippen LogP contribution is 2.21. The summed E-state index contributed by atoms with van der Waals surface area (Å²) < 4.78 is 7.66. The topological polar surface area (TPSA) is 51.5 Å². The van der Waals surface area contributed by atoms with Crippen LogP contribution in [-0.4, -0.2) is 22.9 Å². The lowest BCUT2D eigenvalue weighted by Gasteiger charge is -2.10. The highest BCUT2D eigenvalue weighted by atomic mass is 79.9. The standard InChI is InChI=1S/C14H13BrClNO3/c15-11-1-2-17(14(19)7-11)9-10-5-12(16)8-13(6-10)20-4-3-18/h1-2,5-8,18H,3-4,9H2. The van der Waals surface area contributed by atoms with Gasteiger partial charge in [0.2, 0.25) is 0 Å². The zero-order valence-corrected chi connectivity index (χ0v) is 12.9. The van der Waals surface area contributed by atoms with Crippen molar-refractivity contribution < 1.29 is 9.84 Å². The Morgan fingerprint density at radius 1 is 1.30 bits per heavy atom. The predicted octanol–water partition coefficient (Wildman–Crippen LogP) is 2.68. The van der Waals surface area contributed by atoms with Crippen LogP contribution in [-0.2, 0) is 6.54 Å². The van der Waals surface area contributed by atoms with E-state index in [0.29, 0.717) is 17.3 Å². The molecule has 0 saturated heterocycles. The van der Waals surface area contributed by atoms with Gasteiger partial charge in [0, 0.05) is 21.8 Å². The summed E-state index contributed by atoms with van der Waals surface area (Å²) >= 11 is 9.28. The molecular formula is C14H13BrClNO3. The summed E-state index contributed by atoms with van der Waals surface area (Å²) in [5.74, 6) is 0.576. The molecule has 106 valence electrons. The molecule has 1 N–H and O–H groups in total. The van der Waals surface area contributed by atoms with Gasteiger partial charge in [0.25, 0.3) is 5.56 Å². The average Bonchev–Trinajstić information content (AvgIpc) is 2.39. The van der Waals surface area contributed by atoms with Crippen LogP contribution in [0.5, 0.6) is 5.75 Å². The van der Waals surface area contributed by atoms with Crippen molar-refractivity contribution in [3.63, 3.8) is 0 Å². The Hall–Kier alpha value is -1.30. The Bertz CT molecular complexity index is 657. The fraction of sp³-hybridized carbons (Fsp3) is 0.214. The summed E-state index contributed by atoms with van der Waals surface area (Å²) in [6.45, 7) is 0.550. The second kappa shape index (κ2) is 6.92. The molecule has 20 heavy (non-hydrogen) atoms. The fourth-order valence-corrected chi connectivity index (χ4v) is 2.33. The number of hydrogen-bond acceptors (Lipinski definition) is 3. The maximum atomic E-state index is 11.8. The summed E-state index contributed by atoms with van der Waals surface area (Å²) in [6.07, 6.45) is 1.71. The van der Waals surface area contributed by atoms with E-state index in [1.165, 1.54) is 6.07 Å². The van der Waals surface area contributed by atoms with Crippen molar-refractivity contribution in [2.24, 2.45) is 0 Å². The van der Waals surface area contributed by atoms with Gasteiger partial charge in [-0.1, -0.05) is 27.5 Å². The van der Waals surface area contributed by atoms with Crippen molar-refractivity contribution in [3.05, 3.63) is 61.9 Å². The van der Waals surface area contributed by atoms with Gasteiger partial charge in [-0.05, 0) is 29.8 Å². The molecule has 0 radical (unpaired) electrons. The van der Waals surface area contributed by atoms with E-state index in [4.69, 9.17) is 21.4 Å². The van der Waals surface area contributed by atoms with E-state index in [0.717, 1.165) is 10.0 Å². The number of hydrogen-bond donors (Lipinski definition) is 1. The van der Waals surface area contributed by atoms with Crippen LogP contribution in [0.3, 0.4) is 0 Å². The van der Waals surface area contributed by atoms with Crippen LogP contribution in [0.4, 0.5) is 0 Å². The molecule has 2 rings (SSSR count). The number of aliphatic hydroxyl groups excluding tert-OH is 1. The molecule has 1 aromatic heterocycles. The first-order chi connectivity index (χ1) is 9.58. The third-order valence-corrected chi connectivity index (χ3v) is 3.31. The number of aromatic nitrogens is 1. The third-order valence-electron chi connectivity index (χ3n) is 2.60. The van der Waals surface area contributed by atoms with Gasteiger partial charge >= 0.3 is 0 Å². The molecule has 0 bridgehead atoms. The van der Waals surface area contributed by atoms with Crippen molar-refractivity contribution in [2.75, 3.05) is 13.2 Å². The van der Waals surface area contributed by atoms with E-state index in [1.807, 2.05) is 0 Å². The van der Waals surface area contributed by atoms with Gasteiger partial charge in [-0.3, -0.25) is 4.79 Å². The summed E-state index contributed by atoms with van der Waals surface area (Å²) in [4.78, 5) is 11.8. The van der Waals surface area contributed by atoms with Gasteiger partial charge in [-0.25, -0.2) is 0 Å². The van der Waals surface area contributed by atoms with Gasteiger partial charge in [0.05, 0.1) is 13.2 Å². The van der Waals surface area contributed by atoms with Crippen LogP contribution >= 0.6 is 27.5 Å². The Morgan fingerprint density at radius 3 is 2.80 bits per heavy atom. The number of aliphatic hydroxyl groups is 1. The number of pyridine rings is 1. The zero-order valence-electron chi connectivity index (χ0n) is 10.6. The van der Waals surface area contributed by atoms with Crippen molar-refractivity contribution in [3.8, 4) is 5.75 Å². The average molecular weight is 359 g/mol. The molecule has 0 aliphatic carbocycles. The van der Waals surface area contributed by atoms with Gasteiger partial charge in [-0.15, -0.1) is 0 Å². The number of benzene rings is 1. The molecule has 2 aromatic rings. The van der Waals surface area contributed by atoms with Crippen molar-refractivity contribution in [1.29, 1.82) is 0 Å². The molecule has 0 fully saturated rings. The first-order valence-electron chi connectivity index (χ1n) is 5.97. The zero-order chi connectivity index (χ0) is 14.5.